The molecule has 0 saturated heterocycles. The monoisotopic (exact) mass is 365 g/mol. The first-order valence-corrected chi connectivity index (χ1v) is 8.56. The third-order valence-electron chi connectivity index (χ3n) is 4.04. The van der Waals surface area contributed by atoms with E-state index in [0.29, 0.717) is 34.6 Å². The van der Waals surface area contributed by atoms with E-state index in [1.54, 1.807) is 42.5 Å². The number of ether oxygens (including phenoxy) is 1. The van der Waals surface area contributed by atoms with Crippen molar-refractivity contribution >= 4 is 28.3 Å². The van der Waals surface area contributed by atoms with Crippen LogP contribution in [0.15, 0.2) is 57.7 Å². The number of anilines is 1. The molecule has 138 valence electrons. The Morgan fingerprint density at radius 1 is 1.07 bits per heavy atom. The molecule has 6 heteroatoms. The van der Waals surface area contributed by atoms with E-state index in [2.05, 4.69) is 5.32 Å². The SMILES string of the molecule is CCC(=O)c1ccc(OCc2cc(=O)oc3cc(NC(C)=O)ccc23)cc1. The number of ketones is 1. The van der Waals surface area contributed by atoms with E-state index in [-0.39, 0.29) is 18.3 Å². The predicted octanol–water partition coefficient (Wildman–Crippen LogP) is 3.92. The number of nitrogens with one attached hydrogen (secondary N) is 1. The van der Waals surface area contributed by atoms with Crippen LogP contribution in [-0.4, -0.2) is 11.7 Å². The molecule has 3 aromatic rings. The molecule has 0 bridgehead atoms. The first-order valence-electron chi connectivity index (χ1n) is 8.56. The van der Waals surface area contributed by atoms with Crippen molar-refractivity contribution in [3.05, 3.63) is 70.1 Å². The van der Waals surface area contributed by atoms with Crippen LogP contribution in [0.3, 0.4) is 0 Å². The Kier molecular flexibility index (Phi) is 5.35. The molecule has 0 unspecified atom stereocenters. The molecule has 0 aliphatic heterocycles. The normalized spacial score (nSPS) is 10.6. The summed E-state index contributed by atoms with van der Waals surface area (Å²) in [5.41, 5.74) is 1.74. The van der Waals surface area contributed by atoms with E-state index in [9.17, 15) is 14.4 Å². The minimum atomic E-state index is -0.495. The summed E-state index contributed by atoms with van der Waals surface area (Å²) < 4.78 is 11.0. The predicted molar refractivity (Wildman–Crippen MR) is 102 cm³/mol. The van der Waals surface area contributed by atoms with Crippen LogP contribution >= 0.6 is 0 Å². The minimum absolute atomic E-state index is 0.0724. The number of carbonyl (C=O) groups excluding carboxylic acids is 2. The highest BCUT2D eigenvalue weighted by Gasteiger charge is 2.09. The van der Waals surface area contributed by atoms with Gasteiger partial charge >= 0.3 is 5.63 Å². The number of rotatable bonds is 6. The molecule has 1 amide bonds. The molecule has 1 heterocycles. The van der Waals surface area contributed by atoms with Gasteiger partial charge < -0.3 is 14.5 Å². The lowest BCUT2D eigenvalue weighted by atomic mass is 10.1. The van der Waals surface area contributed by atoms with Crippen molar-refractivity contribution in [1.82, 2.24) is 0 Å². The van der Waals surface area contributed by atoms with Gasteiger partial charge in [-0.05, 0) is 36.4 Å². The zero-order chi connectivity index (χ0) is 19.4. The van der Waals surface area contributed by atoms with Crippen LogP contribution in [0.1, 0.15) is 36.2 Å². The molecular formula is C21H19NO5. The number of benzene rings is 2. The molecule has 2 aromatic carbocycles. The Balaban J connectivity index is 1.83. The van der Waals surface area contributed by atoms with E-state index in [4.69, 9.17) is 9.15 Å². The number of amides is 1. The molecule has 3 rings (SSSR count). The second-order valence-electron chi connectivity index (χ2n) is 6.07. The summed E-state index contributed by atoms with van der Waals surface area (Å²) in [5.74, 6) is 0.461. The molecule has 6 nitrogen and oxygen atoms in total. The van der Waals surface area contributed by atoms with Gasteiger partial charge in [0, 0.05) is 47.7 Å². The van der Waals surface area contributed by atoms with Crippen molar-refractivity contribution in [1.29, 1.82) is 0 Å². The maximum Gasteiger partial charge on any atom is 0.336 e. The summed E-state index contributed by atoms with van der Waals surface area (Å²) in [7, 11) is 0. The highest BCUT2D eigenvalue weighted by molar-refractivity contribution is 5.96. The van der Waals surface area contributed by atoms with Gasteiger partial charge in [0.25, 0.3) is 0 Å². The molecule has 1 N–H and O–H groups in total. The zero-order valence-corrected chi connectivity index (χ0v) is 15.1. The van der Waals surface area contributed by atoms with Crippen LogP contribution in [0.4, 0.5) is 5.69 Å². The van der Waals surface area contributed by atoms with Crippen LogP contribution in [-0.2, 0) is 11.4 Å². The van der Waals surface area contributed by atoms with Gasteiger partial charge in [0.05, 0.1) is 0 Å². The van der Waals surface area contributed by atoms with Crippen LogP contribution in [0, 0.1) is 0 Å². The van der Waals surface area contributed by atoms with Gasteiger partial charge in [-0.15, -0.1) is 0 Å². The second-order valence-corrected chi connectivity index (χ2v) is 6.07. The number of hydrogen-bond donors (Lipinski definition) is 1. The Morgan fingerprint density at radius 2 is 1.81 bits per heavy atom. The Hall–Kier alpha value is -3.41. The van der Waals surface area contributed by atoms with Gasteiger partial charge in [-0.3, -0.25) is 9.59 Å². The molecule has 0 saturated carbocycles. The Morgan fingerprint density at radius 3 is 2.48 bits per heavy atom. The first kappa shape index (κ1) is 18.4. The summed E-state index contributed by atoms with van der Waals surface area (Å²) in [6.07, 6.45) is 0.451. The highest BCUT2D eigenvalue weighted by atomic mass is 16.5. The van der Waals surface area contributed by atoms with Gasteiger partial charge in [0.15, 0.2) is 5.78 Å². The van der Waals surface area contributed by atoms with Crippen LogP contribution in [0.25, 0.3) is 11.0 Å². The average Bonchev–Trinajstić information content (AvgIpc) is 2.65. The molecule has 1 aromatic heterocycles. The first-order chi connectivity index (χ1) is 13.0. The fraction of sp³-hybridized carbons (Fsp3) is 0.190. The number of hydrogen-bond acceptors (Lipinski definition) is 5. The van der Waals surface area contributed by atoms with Crippen LogP contribution in [0.5, 0.6) is 5.75 Å². The third-order valence-corrected chi connectivity index (χ3v) is 4.04. The summed E-state index contributed by atoms with van der Waals surface area (Å²) in [4.78, 5) is 34.7. The lowest BCUT2D eigenvalue weighted by Gasteiger charge is -2.10. The molecule has 0 atom stereocenters. The van der Waals surface area contributed by atoms with Crippen molar-refractivity contribution in [2.45, 2.75) is 26.9 Å². The number of fused-ring (bicyclic) bond motifs is 1. The lowest BCUT2D eigenvalue weighted by Crippen LogP contribution is -2.07. The third kappa shape index (κ3) is 4.41. The molecule has 0 spiro atoms. The van der Waals surface area contributed by atoms with Gasteiger partial charge in [-0.2, -0.15) is 0 Å². The second kappa shape index (κ2) is 7.86. The maximum atomic E-state index is 11.9. The smallest absolute Gasteiger partial charge is 0.336 e. The summed E-state index contributed by atoms with van der Waals surface area (Å²) in [6.45, 7) is 3.39. The van der Waals surface area contributed by atoms with Crippen molar-refractivity contribution in [3.8, 4) is 5.75 Å². The van der Waals surface area contributed by atoms with E-state index < -0.39 is 5.63 Å². The largest absolute Gasteiger partial charge is 0.489 e. The van der Waals surface area contributed by atoms with Gasteiger partial charge in [-0.25, -0.2) is 4.79 Å². The summed E-state index contributed by atoms with van der Waals surface area (Å²) in [5, 5.41) is 3.38. The van der Waals surface area contributed by atoms with E-state index in [1.165, 1.54) is 13.0 Å². The molecule has 0 fully saturated rings. The van der Waals surface area contributed by atoms with E-state index in [0.717, 1.165) is 5.39 Å². The Labute approximate surface area is 155 Å². The van der Waals surface area contributed by atoms with Gasteiger partial charge in [0.1, 0.15) is 17.9 Å². The van der Waals surface area contributed by atoms with Crippen molar-refractivity contribution in [2.24, 2.45) is 0 Å². The Bertz CT molecular complexity index is 1050. The van der Waals surface area contributed by atoms with E-state index in [1.807, 2.05) is 6.92 Å². The molecular weight excluding hydrogens is 346 g/mol. The fourth-order valence-corrected chi connectivity index (χ4v) is 2.73. The molecule has 27 heavy (non-hydrogen) atoms. The van der Waals surface area contributed by atoms with Crippen molar-refractivity contribution in [3.63, 3.8) is 0 Å². The minimum Gasteiger partial charge on any atom is -0.489 e. The molecule has 0 aliphatic rings. The van der Waals surface area contributed by atoms with Crippen LogP contribution in [0.2, 0.25) is 0 Å². The average molecular weight is 365 g/mol. The molecule has 0 radical (unpaired) electrons. The molecule has 0 aliphatic carbocycles. The lowest BCUT2D eigenvalue weighted by molar-refractivity contribution is -0.114. The van der Waals surface area contributed by atoms with E-state index >= 15 is 0 Å². The summed E-state index contributed by atoms with van der Waals surface area (Å²) in [6, 6.07) is 13.4. The standard InChI is InChI=1S/C21H19NO5/c1-3-19(24)14-4-7-17(8-5-14)26-12-15-10-21(25)27-20-11-16(22-13(2)23)6-9-18(15)20/h4-11H,3,12H2,1-2H3,(H,22,23). The topological polar surface area (TPSA) is 85.6 Å². The summed E-state index contributed by atoms with van der Waals surface area (Å²) >= 11 is 0. The van der Waals surface area contributed by atoms with Gasteiger partial charge in [-0.1, -0.05) is 6.92 Å². The highest BCUT2D eigenvalue weighted by Crippen LogP contribution is 2.23. The van der Waals surface area contributed by atoms with Crippen molar-refractivity contribution < 1.29 is 18.7 Å². The van der Waals surface area contributed by atoms with Crippen molar-refractivity contribution in [2.75, 3.05) is 5.32 Å². The number of carbonyl (C=O) groups is 2. The quantitative estimate of drug-likeness (QED) is 0.528. The van der Waals surface area contributed by atoms with Gasteiger partial charge in [0.2, 0.25) is 5.91 Å². The fourth-order valence-electron chi connectivity index (χ4n) is 2.73. The maximum absolute atomic E-state index is 11.9. The number of Topliss-reactive ketones (excluding diaryl/α,β-unsaturated/α-hetero) is 1. The zero-order valence-electron chi connectivity index (χ0n) is 15.1. The van der Waals surface area contributed by atoms with Crippen LogP contribution < -0.4 is 15.7 Å².